The molecule has 0 saturated heterocycles. The highest BCUT2D eigenvalue weighted by Gasteiger charge is 2.48. The molecule has 7 aromatic rings. The second-order valence-corrected chi connectivity index (χ2v) is 21.7. The van der Waals surface area contributed by atoms with Crippen LogP contribution in [0, 0.1) is 0 Å². The molecular weight excluding hydrogens is 753 g/mol. The zero-order valence-corrected chi connectivity index (χ0v) is 36.9. The molecule has 0 N–H and O–H groups in total. The molecule has 0 spiro atoms. The van der Waals surface area contributed by atoms with Crippen LogP contribution < -0.4 is 0 Å². The van der Waals surface area contributed by atoms with Crippen molar-refractivity contribution in [2.75, 3.05) is 0 Å². The summed E-state index contributed by atoms with van der Waals surface area (Å²) in [4.78, 5) is 10.5. The number of fused-ring (bicyclic) bond motifs is 5. The van der Waals surface area contributed by atoms with Gasteiger partial charge in [-0.1, -0.05) is 157 Å². The van der Waals surface area contributed by atoms with Crippen LogP contribution in [0.1, 0.15) is 88.8 Å². The minimum Gasteiger partial charge on any atom is -0.270 e. The minimum absolute atomic E-state index is 0.00694. The zero-order valence-electron chi connectivity index (χ0n) is 35.2. The van der Waals surface area contributed by atoms with Crippen LogP contribution >= 0.6 is 23.5 Å². The number of nitrogens with zero attached hydrogens (tertiary/aromatic N) is 2. The fraction of sp³-hybridized carbons (Fsp3) is 0.236. The molecular formula is C55H50N2S2. The van der Waals surface area contributed by atoms with Gasteiger partial charge in [-0.3, -0.25) is 9.98 Å². The maximum Gasteiger partial charge on any atom is 0.0990 e. The number of rotatable bonds is 6. The van der Waals surface area contributed by atoms with E-state index >= 15 is 0 Å². The number of aliphatic imine (C=N–C) groups is 2. The summed E-state index contributed by atoms with van der Waals surface area (Å²) in [6.45, 7) is 18.2. The Morgan fingerprint density at radius 2 is 0.847 bits per heavy atom. The topological polar surface area (TPSA) is 24.7 Å². The first-order valence-electron chi connectivity index (χ1n) is 20.8. The first kappa shape index (κ1) is 38.1. The van der Waals surface area contributed by atoms with E-state index in [0.717, 1.165) is 10.1 Å². The highest BCUT2D eigenvalue weighted by Crippen LogP contribution is 2.60. The van der Waals surface area contributed by atoms with Crippen LogP contribution in [0.5, 0.6) is 0 Å². The van der Waals surface area contributed by atoms with Crippen molar-refractivity contribution in [1.29, 1.82) is 0 Å². The van der Waals surface area contributed by atoms with Crippen LogP contribution in [-0.2, 0) is 5.41 Å². The minimum atomic E-state index is -0.573. The van der Waals surface area contributed by atoms with Crippen molar-refractivity contribution in [2.24, 2.45) is 9.98 Å². The molecule has 59 heavy (non-hydrogen) atoms. The van der Waals surface area contributed by atoms with Crippen molar-refractivity contribution in [3.05, 3.63) is 191 Å². The Kier molecular flexibility index (Phi) is 8.66. The first-order chi connectivity index (χ1) is 28.2. The van der Waals surface area contributed by atoms with Crippen molar-refractivity contribution < 1.29 is 0 Å². The van der Waals surface area contributed by atoms with E-state index in [-0.39, 0.29) is 20.6 Å². The Bertz CT molecular complexity index is 2840. The van der Waals surface area contributed by atoms with Gasteiger partial charge in [-0.15, -0.1) is 0 Å². The summed E-state index contributed by atoms with van der Waals surface area (Å²) in [5, 5.41) is 4.76. The van der Waals surface area contributed by atoms with Gasteiger partial charge in [0.15, 0.2) is 0 Å². The van der Waals surface area contributed by atoms with Crippen molar-refractivity contribution in [3.8, 4) is 33.4 Å². The largest absolute Gasteiger partial charge is 0.270 e. The summed E-state index contributed by atoms with van der Waals surface area (Å²) in [7, 11) is 0. The Hall–Kier alpha value is -5.16. The molecule has 0 amide bonds. The van der Waals surface area contributed by atoms with E-state index in [0.29, 0.717) is 0 Å². The van der Waals surface area contributed by atoms with Crippen LogP contribution in [-0.4, -0.2) is 30.7 Å². The predicted octanol–water partition coefficient (Wildman–Crippen LogP) is 14.6. The molecule has 292 valence electrons. The van der Waals surface area contributed by atoms with Crippen LogP contribution in [0.3, 0.4) is 0 Å². The van der Waals surface area contributed by atoms with E-state index in [4.69, 9.17) is 9.98 Å². The second kappa shape index (κ2) is 13.4. The summed E-state index contributed by atoms with van der Waals surface area (Å²) in [6.07, 6.45) is 0. The third kappa shape index (κ3) is 5.85. The molecule has 4 heteroatoms. The van der Waals surface area contributed by atoms with E-state index in [1.54, 1.807) is 0 Å². The lowest BCUT2D eigenvalue weighted by molar-refractivity contribution is 0.426. The van der Waals surface area contributed by atoms with Gasteiger partial charge in [0.25, 0.3) is 0 Å². The highest BCUT2D eigenvalue weighted by atomic mass is 32.2. The Morgan fingerprint density at radius 3 is 1.39 bits per heavy atom. The van der Waals surface area contributed by atoms with Gasteiger partial charge < -0.3 is 0 Å². The lowest BCUT2D eigenvalue weighted by atomic mass is 9.67. The maximum absolute atomic E-state index is 5.27. The molecule has 0 saturated carbocycles. The average molecular weight is 803 g/mol. The summed E-state index contributed by atoms with van der Waals surface area (Å²) >= 11 is 3.78. The normalized spacial score (nSPS) is 18.9. The van der Waals surface area contributed by atoms with E-state index in [2.05, 4.69) is 213 Å². The Morgan fingerprint density at radius 1 is 0.373 bits per heavy atom. The molecule has 10 rings (SSSR count). The van der Waals surface area contributed by atoms with Crippen LogP contribution in [0.25, 0.3) is 44.2 Å². The van der Waals surface area contributed by atoms with Gasteiger partial charge in [-0.05, 0) is 146 Å². The van der Waals surface area contributed by atoms with Crippen LogP contribution in [0.15, 0.2) is 168 Å². The molecule has 0 atom stereocenters. The molecule has 2 nitrogen and oxygen atoms in total. The van der Waals surface area contributed by atoms with E-state index in [9.17, 15) is 0 Å². The van der Waals surface area contributed by atoms with E-state index < -0.39 is 5.41 Å². The maximum atomic E-state index is 5.27. The molecule has 3 aliphatic rings. The fourth-order valence-electron chi connectivity index (χ4n) is 9.22. The summed E-state index contributed by atoms with van der Waals surface area (Å²) in [5.74, 6) is 0. The molecule has 0 bridgehead atoms. The first-order valence-corrected chi connectivity index (χ1v) is 22.5. The third-order valence-corrected chi connectivity index (χ3v) is 16.9. The molecule has 7 aromatic carbocycles. The van der Waals surface area contributed by atoms with Crippen LogP contribution in [0.2, 0.25) is 0 Å². The van der Waals surface area contributed by atoms with Crippen LogP contribution in [0.4, 0.5) is 0 Å². The lowest BCUT2D eigenvalue weighted by Gasteiger charge is -2.34. The van der Waals surface area contributed by atoms with Gasteiger partial charge >= 0.3 is 0 Å². The van der Waals surface area contributed by atoms with Gasteiger partial charge in [-0.25, -0.2) is 0 Å². The summed E-state index contributed by atoms with van der Waals surface area (Å²) in [6, 6.07) is 59.2. The molecule has 0 radical (unpaired) electrons. The quantitative estimate of drug-likeness (QED) is 0.167. The Balaban J connectivity index is 1.22. The van der Waals surface area contributed by atoms with Gasteiger partial charge in [0.1, 0.15) is 0 Å². The number of hydrogen-bond acceptors (Lipinski definition) is 4. The van der Waals surface area contributed by atoms with Crippen molar-refractivity contribution in [3.63, 3.8) is 0 Å². The average Bonchev–Trinajstić information content (AvgIpc) is 3.75. The predicted molar refractivity (Wildman–Crippen MR) is 257 cm³/mol. The number of thioether (sulfide) groups is 2. The van der Waals surface area contributed by atoms with Crippen molar-refractivity contribution in [2.45, 2.75) is 81.4 Å². The van der Waals surface area contributed by atoms with Gasteiger partial charge in [0.05, 0.1) is 26.6 Å². The van der Waals surface area contributed by atoms with Crippen molar-refractivity contribution >= 4 is 44.4 Å². The molecule has 2 aliphatic heterocycles. The third-order valence-electron chi connectivity index (χ3n) is 13.8. The van der Waals surface area contributed by atoms with Gasteiger partial charge in [0, 0.05) is 20.6 Å². The smallest absolute Gasteiger partial charge is 0.0990 e. The molecule has 0 aromatic heterocycles. The molecule has 1 aliphatic carbocycles. The second-order valence-electron chi connectivity index (χ2n) is 18.5. The van der Waals surface area contributed by atoms with E-state index in [1.807, 2.05) is 23.5 Å². The number of hydrogen-bond donors (Lipinski definition) is 0. The van der Waals surface area contributed by atoms with Gasteiger partial charge in [-0.2, -0.15) is 0 Å². The molecule has 0 fully saturated rings. The Labute approximate surface area is 358 Å². The monoisotopic (exact) mass is 802 g/mol. The van der Waals surface area contributed by atoms with Gasteiger partial charge in [0.2, 0.25) is 0 Å². The summed E-state index contributed by atoms with van der Waals surface area (Å²) < 4.78 is 0.0239. The summed E-state index contributed by atoms with van der Waals surface area (Å²) in [5.41, 5.74) is 14.1. The standard InChI is InChI=1S/C55H50N2S2/c1-51(2)53(5,6)58-49(56-51)38-21-17-19-35(31-38)36-29-30-44-46(33-36)55(40-23-11-9-12-24-40,41-25-13-10-14-26-41)47-34-45(42-27-15-16-28-43(42)48(44)47)37-20-18-22-39(32-37)50-57-52(3,4)54(7,8)59-50/h9-34H,1-8H3. The SMILES string of the molecule is CC1(C)N=C(c2cccc(-c3ccc4c(c3)C(c3ccccc3)(c3ccccc3)c3cc(-c5cccc(C6=NC(C)(C)C(C)(C)S6)c5)c5ccccc5c3-4)c2)SC1(C)C. The van der Waals surface area contributed by atoms with Crippen molar-refractivity contribution in [1.82, 2.24) is 0 Å². The number of benzene rings is 7. The van der Waals surface area contributed by atoms with E-state index in [1.165, 1.54) is 77.5 Å². The lowest BCUT2D eigenvalue weighted by Crippen LogP contribution is -2.36. The molecule has 0 unspecified atom stereocenters. The zero-order chi connectivity index (χ0) is 41.0. The highest BCUT2D eigenvalue weighted by molar-refractivity contribution is 8.16. The fourth-order valence-corrected chi connectivity index (χ4v) is 11.8. The molecule has 2 heterocycles.